The molecule has 1 aromatic carbocycles. The van der Waals surface area contributed by atoms with Crippen molar-refractivity contribution >= 4 is 17.5 Å². The molecule has 2 aromatic rings. The van der Waals surface area contributed by atoms with E-state index >= 15 is 0 Å². The highest BCUT2D eigenvalue weighted by Gasteiger charge is 2.13. The van der Waals surface area contributed by atoms with E-state index in [1.54, 1.807) is 56.2 Å². The van der Waals surface area contributed by atoms with Crippen LogP contribution in [0.15, 0.2) is 30.5 Å². The molecule has 106 valence electrons. The van der Waals surface area contributed by atoms with E-state index in [9.17, 15) is 9.90 Å². The Morgan fingerprint density at radius 1 is 1.40 bits per heavy atom. The number of hydrogen-bond donors (Lipinski definition) is 1. The molecule has 0 fully saturated rings. The minimum absolute atomic E-state index is 0.166. The lowest BCUT2D eigenvalue weighted by Crippen LogP contribution is -2.22. The first-order chi connectivity index (χ1) is 9.40. The van der Waals surface area contributed by atoms with E-state index < -0.39 is 6.10 Å². The van der Waals surface area contributed by atoms with Crippen LogP contribution >= 0.6 is 11.6 Å². The van der Waals surface area contributed by atoms with Crippen LogP contribution in [0.5, 0.6) is 0 Å². The van der Waals surface area contributed by atoms with Crippen molar-refractivity contribution in [2.45, 2.75) is 13.0 Å². The lowest BCUT2D eigenvalue weighted by atomic mass is 10.1. The minimum atomic E-state index is -0.579. The van der Waals surface area contributed by atoms with Gasteiger partial charge < -0.3 is 10.0 Å². The molecular formula is C14H16ClN3O2. The zero-order valence-electron chi connectivity index (χ0n) is 11.5. The van der Waals surface area contributed by atoms with E-state index in [-0.39, 0.29) is 5.91 Å². The quantitative estimate of drug-likeness (QED) is 0.944. The predicted octanol–water partition coefficient (Wildman–Crippen LogP) is 2.28. The van der Waals surface area contributed by atoms with Crippen LogP contribution in [-0.2, 0) is 0 Å². The number of benzene rings is 1. The Hall–Kier alpha value is -1.85. The van der Waals surface area contributed by atoms with Crippen LogP contribution in [0, 0.1) is 0 Å². The van der Waals surface area contributed by atoms with E-state index in [1.165, 1.54) is 4.90 Å². The summed E-state index contributed by atoms with van der Waals surface area (Å²) in [4.78, 5) is 13.3. The third kappa shape index (κ3) is 2.84. The zero-order valence-corrected chi connectivity index (χ0v) is 12.3. The minimum Gasteiger partial charge on any atom is -0.389 e. The highest BCUT2D eigenvalue weighted by Crippen LogP contribution is 2.24. The standard InChI is InChI=1S/C14H16ClN3O2/c1-9(19)10-4-5-13(11(15)8-10)18-7-6-12(16-18)14(20)17(2)3/h4-9,19H,1-3H3. The summed E-state index contributed by atoms with van der Waals surface area (Å²) in [5.41, 5.74) is 1.75. The molecule has 0 radical (unpaired) electrons. The Morgan fingerprint density at radius 3 is 2.65 bits per heavy atom. The van der Waals surface area contributed by atoms with Gasteiger partial charge in [-0.1, -0.05) is 17.7 Å². The number of aliphatic hydroxyl groups excluding tert-OH is 1. The molecule has 2 rings (SSSR count). The first-order valence-corrected chi connectivity index (χ1v) is 6.53. The van der Waals surface area contributed by atoms with Crippen LogP contribution < -0.4 is 0 Å². The topological polar surface area (TPSA) is 58.4 Å². The van der Waals surface area contributed by atoms with E-state index in [0.717, 1.165) is 5.56 Å². The second kappa shape index (κ2) is 5.64. The summed E-state index contributed by atoms with van der Waals surface area (Å²) in [6.07, 6.45) is 1.10. The first kappa shape index (κ1) is 14.6. The number of nitrogens with zero attached hydrogens (tertiary/aromatic N) is 3. The number of carbonyl (C=O) groups is 1. The highest BCUT2D eigenvalue weighted by atomic mass is 35.5. The van der Waals surface area contributed by atoms with Gasteiger partial charge >= 0.3 is 0 Å². The summed E-state index contributed by atoms with van der Waals surface area (Å²) in [5, 5.41) is 14.2. The monoisotopic (exact) mass is 293 g/mol. The molecule has 0 saturated heterocycles. The van der Waals surface area contributed by atoms with Gasteiger partial charge in [-0.3, -0.25) is 4.79 Å². The van der Waals surface area contributed by atoms with Crippen LogP contribution in [0.2, 0.25) is 5.02 Å². The maximum Gasteiger partial charge on any atom is 0.273 e. The molecule has 20 heavy (non-hydrogen) atoms. The molecule has 0 spiro atoms. The Kier molecular flexibility index (Phi) is 4.11. The maximum atomic E-state index is 11.8. The zero-order chi connectivity index (χ0) is 14.9. The fraction of sp³-hybridized carbons (Fsp3) is 0.286. The number of hydrogen-bond acceptors (Lipinski definition) is 3. The van der Waals surface area contributed by atoms with E-state index in [1.807, 2.05) is 0 Å². The fourth-order valence-corrected chi connectivity index (χ4v) is 2.05. The van der Waals surface area contributed by atoms with E-state index in [0.29, 0.717) is 16.4 Å². The molecule has 5 nitrogen and oxygen atoms in total. The lowest BCUT2D eigenvalue weighted by molar-refractivity contribution is 0.0821. The molecule has 1 aromatic heterocycles. The van der Waals surface area contributed by atoms with E-state index in [2.05, 4.69) is 5.10 Å². The van der Waals surface area contributed by atoms with Gasteiger partial charge in [-0.15, -0.1) is 0 Å². The van der Waals surface area contributed by atoms with Crippen LogP contribution in [0.1, 0.15) is 29.1 Å². The fourth-order valence-electron chi connectivity index (χ4n) is 1.77. The van der Waals surface area contributed by atoms with Crippen molar-refractivity contribution in [1.29, 1.82) is 0 Å². The molecule has 0 saturated carbocycles. The predicted molar refractivity (Wildman–Crippen MR) is 77.2 cm³/mol. The summed E-state index contributed by atoms with van der Waals surface area (Å²) in [5.74, 6) is -0.166. The molecule has 0 bridgehead atoms. The van der Waals surface area contributed by atoms with Crippen LogP contribution in [0.25, 0.3) is 5.69 Å². The number of halogens is 1. The molecular weight excluding hydrogens is 278 g/mol. The third-order valence-corrected chi connectivity index (χ3v) is 3.22. The van der Waals surface area contributed by atoms with Gasteiger partial charge in [-0.25, -0.2) is 4.68 Å². The molecule has 1 heterocycles. The largest absolute Gasteiger partial charge is 0.389 e. The number of aliphatic hydroxyl groups is 1. The van der Waals surface area contributed by atoms with Crippen LogP contribution in [0.3, 0.4) is 0 Å². The van der Waals surface area contributed by atoms with Gasteiger partial charge in [0.15, 0.2) is 5.69 Å². The van der Waals surface area contributed by atoms with Crippen molar-refractivity contribution in [2.24, 2.45) is 0 Å². The Bertz CT molecular complexity index is 635. The summed E-state index contributed by atoms with van der Waals surface area (Å²) in [6.45, 7) is 1.67. The first-order valence-electron chi connectivity index (χ1n) is 6.15. The second-order valence-electron chi connectivity index (χ2n) is 4.73. The highest BCUT2D eigenvalue weighted by molar-refractivity contribution is 6.32. The molecule has 0 aliphatic heterocycles. The van der Waals surface area contributed by atoms with E-state index in [4.69, 9.17) is 11.6 Å². The van der Waals surface area contributed by atoms with Gasteiger partial charge in [0.1, 0.15) is 0 Å². The summed E-state index contributed by atoms with van der Waals surface area (Å²) >= 11 is 6.19. The molecule has 1 unspecified atom stereocenters. The molecule has 1 N–H and O–H groups in total. The average molecular weight is 294 g/mol. The molecule has 1 amide bonds. The van der Waals surface area contributed by atoms with Gasteiger partial charge in [0.25, 0.3) is 5.91 Å². The Balaban J connectivity index is 2.35. The SMILES string of the molecule is CC(O)c1ccc(-n2ccc(C(=O)N(C)C)n2)c(Cl)c1. The smallest absolute Gasteiger partial charge is 0.273 e. The lowest BCUT2D eigenvalue weighted by Gasteiger charge is -2.09. The van der Waals surface area contributed by atoms with Gasteiger partial charge in [0, 0.05) is 20.3 Å². The number of amides is 1. The Morgan fingerprint density at radius 2 is 2.10 bits per heavy atom. The number of aromatic nitrogens is 2. The summed E-state index contributed by atoms with van der Waals surface area (Å²) < 4.78 is 1.55. The Labute approximate surface area is 122 Å². The van der Waals surface area contributed by atoms with Crippen molar-refractivity contribution in [3.05, 3.63) is 46.7 Å². The van der Waals surface area contributed by atoms with Crippen LogP contribution in [0.4, 0.5) is 0 Å². The molecule has 0 aliphatic carbocycles. The van der Waals surface area contributed by atoms with Crippen LogP contribution in [-0.4, -0.2) is 39.8 Å². The summed E-state index contributed by atoms with van der Waals surface area (Å²) in [7, 11) is 3.34. The van der Waals surface area contributed by atoms with Crippen molar-refractivity contribution in [2.75, 3.05) is 14.1 Å². The molecule has 1 atom stereocenters. The normalized spacial score (nSPS) is 12.2. The second-order valence-corrected chi connectivity index (χ2v) is 5.14. The summed E-state index contributed by atoms with van der Waals surface area (Å²) in [6, 6.07) is 6.88. The van der Waals surface area contributed by atoms with Gasteiger partial charge in [-0.05, 0) is 30.7 Å². The van der Waals surface area contributed by atoms with Gasteiger partial charge in [-0.2, -0.15) is 5.10 Å². The van der Waals surface area contributed by atoms with Gasteiger partial charge in [0.05, 0.1) is 16.8 Å². The maximum absolute atomic E-state index is 11.8. The number of carbonyl (C=O) groups excluding carboxylic acids is 1. The van der Waals surface area contributed by atoms with Crippen molar-refractivity contribution in [3.8, 4) is 5.69 Å². The third-order valence-electron chi connectivity index (χ3n) is 2.92. The average Bonchev–Trinajstić information content (AvgIpc) is 2.86. The molecule has 0 aliphatic rings. The van der Waals surface area contributed by atoms with Crippen molar-refractivity contribution < 1.29 is 9.90 Å². The van der Waals surface area contributed by atoms with Crippen molar-refractivity contribution in [3.63, 3.8) is 0 Å². The van der Waals surface area contributed by atoms with Crippen molar-refractivity contribution in [1.82, 2.24) is 14.7 Å². The van der Waals surface area contributed by atoms with Gasteiger partial charge in [0.2, 0.25) is 0 Å². The number of rotatable bonds is 3. The molecule has 6 heteroatoms.